The maximum Gasteiger partial charge on any atom is 0.416 e. The number of alkyl halides is 6. The van der Waals surface area contributed by atoms with Gasteiger partial charge in [-0.2, -0.15) is 26.3 Å². The summed E-state index contributed by atoms with van der Waals surface area (Å²) in [6.45, 7) is 1.52. The zero-order chi connectivity index (χ0) is 26.8. The SMILES string of the molecule is CC1CC(OCc2cc(C(F)(F)F)cc(C(F)(F)F)c2)=CC2=C1C(CCC(=O)[C@H](N)CC(=O)O)CC2. The second-order valence-corrected chi connectivity index (χ2v) is 9.34. The molecule has 0 radical (unpaired) electrons. The maximum absolute atomic E-state index is 13.1. The van der Waals surface area contributed by atoms with E-state index in [1.165, 1.54) is 0 Å². The van der Waals surface area contributed by atoms with Crippen LogP contribution >= 0.6 is 0 Å². The summed E-state index contributed by atoms with van der Waals surface area (Å²) >= 11 is 0. The first-order chi connectivity index (χ1) is 16.6. The lowest BCUT2D eigenvalue weighted by Gasteiger charge is -2.26. The van der Waals surface area contributed by atoms with Crippen molar-refractivity contribution >= 4 is 11.8 Å². The molecule has 0 fully saturated rings. The van der Waals surface area contributed by atoms with Crippen LogP contribution in [0.1, 0.15) is 62.1 Å². The lowest BCUT2D eigenvalue weighted by molar-refractivity contribution is -0.143. The number of ether oxygens (including phenoxy) is 1. The first-order valence-electron chi connectivity index (χ1n) is 11.5. The number of carbonyl (C=O) groups excluding carboxylic acids is 1. The standard InChI is InChI=1S/C25H27F6NO4/c1-13-6-19(36-12-14-7-17(24(26,27)28)10-18(8-14)25(29,30)31)9-16-3-2-15(23(13)16)4-5-21(33)20(32)11-22(34)35/h7-10,13,15,20H,2-6,11-12,32H2,1H3,(H,34,35)/t13?,15?,20-/m1/s1. The van der Waals surface area contributed by atoms with Gasteiger partial charge in [0.1, 0.15) is 12.4 Å². The number of Topliss-reactive ketones (excluding diaryl/α,β-unsaturated/α-hetero) is 1. The third kappa shape index (κ3) is 6.89. The summed E-state index contributed by atoms with van der Waals surface area (Å²) in [7, 11) is 0. The van der Waals surface area contributed by atoms with Crippen molar-refractivity contribution in [2.45, 2.75) is 70.4 Å². The van der Waals surface area contributed by atoms with Crippen molar-refractivity contribution in [3.63, 3.8) is 0 Å². The molecule has 2 aliphatic carbocycles. The third-order valence-corrected chi connectivity index (χ3v) is 6.57. The van der Waals surface area contributed by atoms with Crippen LogP contribution in [-0.4, -0.2) is 22.9 Å². The molecule has 11 heteroatoms. The molecule has 0 bridgehead atoms. The lowest BCUT2D eigenvalue weighted by atomic mass is 9.81. The van der Waals surface area contributed by atoms with Gasteiger partial charge >= 0.3 is 18.3 Å². The van der Waals surface area contributed by atoms with Crippen LogP contribution in [0.2, 0.25) is 0 Å². The quantitative estimate of drug-likeness (QED) is 0.390. The van der Waals surface area contributed by atoms with E-state index in [2.05, 4.69) is 0 Å². The molecule has 3 atom stereocenters. The van der Waals surface area contributed by atoms with Crippen molar-refractivity contribution < 1.29 is 45.8 Å². The molecule has 0 heterocycles. The summed E-state index contributed by atoms with van der Waals surface area (Å²) in [5, 5.41) is 8.78. The average molecular weight is 519 g/mol. The fraction of sp³-hybridized carbons (Fsp3) is 0.520. The summed E-state index contributed by atoms with van der Waals surface area (Å²) in [4.78, 5) is 22.9. The van der Waals surface area contributed by atoms with Crippen molar-refractivity contribution in [1.29, 1.82) is 0 Å². The van der Waals surface area contributed by atoms with Gasteiger partial charge < -0.3 is 15.6 Å². The van der Waals surface area contributed by atoms with Crippen LogP contribution in [0.5, 0.6) is 0 Å². The van der Waals surface area contributed by atoms with Gasteiger partial charge in [-0.25, -0.2) is 0 Å². The molecule has 0 amide bonds. The van der Waals surface area contributed by atoms with Crippen LogP contribution in [0, 0.1) is 11.8 Å². The molecule has 198 valence electrons. The van der Waals surface area contributed by atoms with Crippen molar-refractivity contribution in [3.8, 4) is 0 Å². The van der Waals surface area contributed by atoms with Gasteiger partial charge in [-0.15, -0.1) is 0 Å². The Morgan fingerprint density at radius 2 is 1.72 bits per heavy atom. The zero-order valence-electron chi connectivity index (χ0n) is 19.5. The number of nitrogens with two attached hydrogens (primary N) is 1. The Hall–Kier alpha value is -2.82. The van der Waals surface area contributed by atoms with E-state index in [9.17, 15) is 35.9 Å². The number of allylic oxidation sites excluding steroid dienone is 4. The molecule has 0 aromatic heterocycles. The van der Waals surface area contributed by atoms with E-state index < -0.39 is 48.5 Å². The summed E-state index contributed by atoms with van der Waals surface area (Å²) in [6, 6.07) is 0.352. The van der Waals surface area contributed by atoms with Gasteiger partial charge in [0.25, 0.3) is 0 Å². The van der Waals surface area contributed by atoms with Gasteiger partial charge in [-0.05, 0) is 66.5 Å². The first kappa shape index (κ1) is 27.8. The molecule has 5 nitrogen and oxygen atoms in total. The predicted molar refractivity (Wildman–Crippen MR) is 117 cm³/mol. The molecule has 1 aromatic carbocycles. The van der Waals surface area contributed by atoms with E-state index in [4.69, 9.17) is 15.6 Å². The van der Waals surface area contributed by atoms with E-state index in [1.807, 2.05) is 6.92 Å². The monoisotopic (exact) mass is 519 g/mol. The molecular formula is C25H27F6NO4. The average Bonchev–Trinajstić information content (AvgIpc) is 3.17. The van der Waals surface area contributed by atoms with Crippen molar-refractivity contribution in [1.82, 2.24) is 0 Å². The number of hydrogen-bond donors (Lipinski definition) is 2. The minimum Gasteiger partial charge on any atom is -0.493 e. The molecule has 0 saturated carbocycles. The Morgan fingerprint density at radius 3 is 2.28 bits per heavy atom. The number of rotatable bonds is 9. The van der Waals surface area contributed by atoms with E-state index in [0.717, 1.165) is 17.6 Å². The van der Waals surface area contributed by atoms with Gasteiger partial charge in [0.2, 0.25) is 0 Å². The van der Waals surface area contributed by atoms with Gasteiger partial charge in [-0.1, -0.05) is 12.5 Å². The largest absolute Gasteiger partial charge is 0.493 e. The predicted octanol–water partition coefficient (Wildman–Crippen LogP) is 6.02. The minimum atomic E-state index is -4.92. The molecule has 3 rings (SSSR count). The van der Waals surface area contributed by atoms with Crippen molar-refractivity contribution in [2.75, 3.05) is 0 Å². The first-order valence-corrected chi connectivity index (χ1v) is 11.5. The summed E-state index contributed by atoms with van der Waals surface area (Å²) in [6.07, 6.45) is -5.89. The number of carboxylic acids is 1. The van der Waals surface area contributed by atoms with Crippen molar-refractivity contribution in [3.05, 3.63) is 57.9 Å². The van der Waals surface area contributed by atoms with Gasteiger partial charge in [0.05, 0.1) is 29.3 Å². The van der Waals surface area contributed by atoms with E-state index in [1.54, 1.807) is 6.08 Å². The topological polar surface area (TPSA) is 89.6 Å². The Balaban J connectivity index is 1.69. The van der Waals surface area contributed by atoms with Crippen LogP contribution in [-0.2, 0) is 33.3 Å². The normalized spacial score (nSPS) is 21.2. The molecule has 2 unspecified atom stereocenters. The Labute approximate surface area is 204 Å². The highest BCUT2D eigenvalue weighted by Gasteiger charge is 2.37. The molecule has 0 saturated heterocycles. The lowest BCUT2D eigenvalue weighted by Crippen LogP contribution is -2.33. The highest BCUT2D eigenvalue weighted by Crippen LogP contribution is 2.45. The van der Waals surface area contributed by atoms with Crippen LogP contribution in [0.15, 0.2) is 41.2 Å². The second-order valence-electron chi connectivity index (χ2n) is 9.34. The van der Waals surface area contributed by atoms with Gasteiger partial charge in [0, 0.05) is 12.8 Å². The van der Waals surface area contributed by atoms with E-state index in [-0.39, 0.29) is 35.7 Å². The third-order valence-electron chi connectivity index (χ3n) is 6.57. The molecule has 36 heavy (non-hydrogen) atoms. The number of carbonyl (C=O) groups is 2. The van der Waals surface area contributed by atoms with Crippen LogP contribution in [0.25, 0.3) is 0 Å². The molecule has 0 aliphatic heterocycles. The van der Waals surface area contributed by atoms with Gasteiger partial charge in [0.15, 0.2) is 0 Å². The van der Waals surface area contributed by atoms with Crippen LogP contribution in [0.4, 0.5) is 26.3 Å². The Bertz CT molecular complexity index is 1040. The minimum absolute atomic E-state index is 0.0162. The second kappa shape index (κ2) is 10.7. The summed E-state index contributed by atoms with van der Waals surface area (Å²) in [5.41, 5.74) is 4.78. The Morgan fingerprint density at radius 1 is 1.11 bits per heavy atom. The van der Waals surface area contributed by atoms with Gasteiger partial charge in [-0.3, -0.25) is 9.59 Å². The fourth-order valence-electron chi connectivity index (χ4n) is 4.91. The maximum atomic E-state index is 13.1. The number of hydrogen-bond acceptors (Lipinski definition) is 4. The highest BCUT2D eigenvalue weighted by molar-refractivity contribution is 5.87. The molecular weight excluding hydrogens is 492 g/mol. The number of benzene rings is 1. The highest BCUT2D eigenvalue weighted by atomic mass is 19.4. The molecule has 1 aromatic rings. The molecule has 3 N–H and O–H groups in total. The smallest absolute Gasteiger partial charge is 0.416 e. The van der Waals surface area contributed by atoms with Crippen LogP contribution < -0.4 is 5.73 Å². The zero-order valence-corrected chi connectivity index (χ0v) is 19.5. The molecule has 0 spiro atoms. The summed E-state index contributed by atoms with van der Waals surface area (Å²) in [5.74, 6) is -0.838. The number of aliphatic carboxylic acids is 1. The summed E-state index contributed by atoms with van der Waals surface area (Å²) < 4.78 is 84.2. The number of carboxylic acid groups (broad SMARTS) is 1. The van der Waals surface area contributed by atoms with Crippen molar-refractivity contribution in [2.24, 2.45) is 17.6 Å². The molecule has 2 aliphatic rings. The van der Waals surface area contributed by atoms with E-state index >= 15 is 0 Å². The Kier molecular flexibility index (Phi) is 8.22. The fourth-order valence-corrected chi connectivity index (χ4v) is 4.91. The van der Waals surface area contributed by atoms with E-state index in [0.29, 0.717) is 37.2 Å². The van der Waals surface area contributed by atoms with Crippen LogP contribution in [0.3, 0.4) is 0 Å². The number of halogens is 6. The number of ketones is 1.